The van der Waals surface area contributed by atoms with Crippen LogP contribution in [0.2, 0.25) is 0 Å². The molecule has 9 rings (SSSR count). The summed E-state index contributed by atoms with van der Waals surface area (Å²) in [4.78, 5) is 10.3. The normalized spacial score (nSPS) is 13.3. The lowest BCUT2D eigenvalue weighted by Crippen LogP contribution is -2.14. The number of benzene rings is 7. The van der Waals surface area contributed by atoms with Crippen LogP contribution < -0.4 is 0 Å². The van der Waals surface area contributed by atoms with Crippen LogP contribution in [0.4, 0.5) is 0 Å². The van der Waals surface area contributed by atoms with Crippen LogP contribution in [-0.2, 0) is 5.41 Å². The Morgan fingerprint density at radius 1 is 0.422 bits per heavy atom. The third-order valence-electron chi connectivity index (χ3n) is 9.64. The molecular formula is C43H30N2. The first-order chi connectivity index (χ1) is 22.0. The van der Waals surface area contributed by atoms with E-state index in [0.717, 1.165) is 39.1 Å². The molecule has 1 aliphatic rings. The summed E-state index contributed by atoms with van der Waals surface area (Å²) in [5.74, 6) is 0.733. The minimum absolute atomic E-state index is 0.0226. The van der Waals surface area contributed by atoms with Gasteiger partial charge in [0.25, 0.3) is 0 Å². The lowest BCUT2D eigenvalue weighted by molar-refractivity contribution is 0.661. The molecule has 8 aromatic rings. The molecule has 1 aromatic heterocycles. The van der Waals surface area contributed by atoms with E-state index < -0.39 is 0 Å². The van der Waals surface area contributed by atoms with Gasteiger partial charge in [-0.05, 0) is 85.3 Å². The first-order valence-electron chi connectivity index (χ1n) is 15.6. The van der Waals surface area contributed by atoms with E-state index in [1.165, 1.54) is 49.4 Å². The molecule has 0 unspecified atom stereocenters. The van der Waals surface area contributed by atoms with Crippen molar-refractivity contribution in [1.82, 2.24) is 9.97 Å². The molecule has 0 saturated heterocycles. The predicted molar refractivity (Wildman–Crippen MR) is 188 cm³/mol. The van der Waals surface area contributed by atoms with Crippen LogP contribution in [0.1, 0.15) is 25.0 Å². The van der Waals surface area contributed by atoms with Crippen molar-refractivity contribution >= 4 is 32.4 Å². The van der Waals surface area contributed by atoms with Gasteiger partial charge in [-0.15, -0.1) is 0 Å². The van der Waals surface area contributed by atoms with Gasteiger partial charge in [0.15, 0.2) is 5.82 Å². The van der Waals surface area contributed by atoms with Gasteiger partial charge in [-0.2, -0.15) is 0 Å². The van der Waals surface area contributed by atoms with E-state index in [4.69, 9.17) is 9.97 Å². The molecule has 0 atom stereocenters. The van der Waals surface area contributed by atoms with E-state index >= 15 is 0 Å². The van der Waals surface area contributed by atoms with Crippen molar-refractivity contribution in [2.75, 3.05) is 0 Å². The minimum atomic E-state index is -0.0226. The fourth-order valence-electron chi connectivity index (χ4n) is 7.31. The quantitative estimate of drug-likeness (QED) is 0.210. The lowest BCUT2D eigenvalue weighted by atomic mass is 9.82. The Morgan fingerprint density at radius 3 is 2.07 bits per heavy atom. The molecule has 7 aromatic carbocycles. The summed E-state index contributed by atoms with van der Waals surface area (Å²) in [6.45, 7) is 4.68. The fourth-order valence-corrected chi connectivity index (χ4v) is 7.31. The van der Waals surface area contributed by atoms with Gasteiger partial charge < -0.3 is 0 Å². The van der Waals surface area contributed by atoms with Crippen molar-refractivity contribution in [3.63, 3.8) is 0 Å². The molecule has 0 fully saturated rings. The zero-order chi connectivity index (χ0) is 30.1. The second kappa shape index (κ2) is 9.70. The van der Waals surface area contributed by atoms with Crippen LogP contribution in [0, 0.1) is 0 Å². The summed E-state index contributed by atoms with van der Waals surface area (Å²) in [5, 5.41) is 5.98. The molecule has 0 spiro atoms. The molecule has 0 aliphatic heterocycles. The van der Waals surface area contributed by atoms with Gasteiger partial charge in [-0.1, -0.05) is 129 Å². The second-order valence-corrected chi connectivity index (χ2v) is 12.7. The minimum Gasteiger partial charge on any atom is -0.228 e. The summed E-state index contributed by atoms with van der Waals surface area (Å²) < 4.78 is 0. The van der Waals surface area contributed by atoms with Crippen LogP contribution in [-0.4, -0.2) is 9.97 Å². The van der Waals surface area contributed by atoms with Gasteiger partial charge in [0.1, 0.15) is 0 Å². The highest BCUT2D eigenvalue weighted by Crippen LogP contribution is 2.50. The molecular weight excluding hydrogens is 544 g/mol. The monoisotopic (exact) mass is 574 g/mol. The highest BCUT2D eigenvalue weighted by Gasteiger charge is 2.35. The van der Waals surface area contributed by atoms with Crippen molar-refractivity contribution in [1.29, 1.82) is 0 Å². The van der Waals surface area contributed by atoms with Crippen LogP contribution in [0.25, 0.3) is 77.3 Å². The molecule has 212 valence electrons. The first-order valence-corrected chi connectivity index (χ1v) is 15.6. The third-order valence-corrected chi connectivity index (χ3v) is 9.64. The Balaban J connectivity index is 1.17. The molecule has 1 heterocycles. The van der Waals surface area contributed by atoms with E-state index in [-0.39, 0.29) is 5.41 Å². The number of nitrogens with zero attached hydrogens (tertiary/aromatic N) is 2. The number of para-hydroxylation sites is 1. The zero-order valence-corrected chi connectivity index (χ0v) is 25.3. The summed E-state index contributed by atoms with van der Waals surface area (Å²) in [6, 6.07) is 52.4. The summed E-state index contributed by atoms with van der Waals surface area (Å²) in [6.07, 6.45) is 0. The van der Waals surface area contributed by atoms with E-state index in [9.17, 15) is 0 Å². The van der Waals surface area contributed by atoms with Crippen LogP contribution >= 0.6 is 0 Å². The SMILES string of the molecule is CC1(C)c2ccccc2-c2cc3ccc(-c4cccc(-c5nc(-c6cccc7ccccc67)c6ccccc6n5)c4)cc3cc21. The first kappa shape index (κ1) is 25.9. The largest absolute Gasteiger partial charge is 0.228 e. The van der Waals surface area contributed by atoms with Crippen molar-refractivity contribution in [2.24, 2.45) is 0 Å². The fraction of sp³-hybridized carbons (Fsp3) is 0.0698. The van der Waals surface area contributed by atoms with Gasteiger partial charge in [-0.25, -0.2) is 9.97 Å². The number of aromatic nitrogens is 2. The van der Waals surface area contributed by atoms with Gasteiger partial charge >= 0.3 is 0 Å². The maximum absolute atomic E-state index is 5.24. The smallest absolute Gasteiger partial charge is 0.160 e. The summed E-state index contributed by atoms with van der Waals surface area (Å²) >= 11 is 0. The zero-order valence-electron chi connectivity index (χ0n) is 25.3. The molecule has 0 saturated carbocycles. The van der Waals surface area contributed by atoms with Crippen molar-refractivity contribution in [3.05, 3.63) is 157 Å². The van der Waals surface area contributed by atoms with Gasteiger partial charge in [-0.3, -0.25) is 0 Å². The number of fused-ring (bicyclic) bond motifs is 6. The third kappa shape index (κ3) is 4.03. The van der Waals surface area contributed by atoms with Gasteiger partial charge in [0.2, 0.25) is 0 Å². The maximum atomic E-state index is 5.24. The lowest BCUT2D eigenvalue weighted by Gasteiger charge is -2.21. The Bertz CT molecular complexity index is 2460. The summed E-state index contributed by atoms with van der Waals surface area (Å²) in [5.41, 5.74) is 11.9. The molecule has 0 radical (unpaired) electrons. The van der Waals surface area contributed by atoms with E-state index in [1.54, 1.807) is 0 Å². The van der Waals surface area contributed by atoms with Crippen LogP contribution in [0.15, 0.2) is 146 Å². The van der Waals surface area contributed by atoms with Crippen LogP contribution in [0.3, 0.4) is 0 Å². The molecule has 1 aliphatic carbocycles. The molecule has 45 heavy (non-hydrogen) atoms. The van der Waals surface area contributed by atoms with E-state index in [0.29, 0.717) is 0 Å². The van der Waals surface area contributed by atoms with Crippen LogP contribution in [0.5, 0.6) is 0 Å². The Morgan fingerprint density at radius 2 is 1.13 bits per heavy atom. The van der Waals surface area contributed by atoms with Gasteiger partial charge in [0, 0.05) is 21.9 Å². The van der Waals surface area contributed by atoms with Gasteiger partial charge in [0.05, 0.1) is 11.2 Å². The van der Waals surface area contributed by atoms with E-state index in [1.807, 2.05) is 6.07 Å². The number of hydrogen-bond donors (Lipinski definition) is 0. The highest BCUT2D eigenvalue weighted by atomic mass is 14.9. The predicted octanol–water partition coefficient (Wildman–Crippen LogP) is 11.2. The Labute approximate surface area is 262 Å². The van der Waals surface area contributed by atoms with Crippen molar-refractivity contribution in [3.8, 4) is 44.9 Å². The Kier molecular flexibility index (Phi) is 5.58. The molecule has 2 heteroatoms. The Hall–Kier alpha value is -5.60. The average Bonchev–Trinajstić information content (AvgIpc) is 3.31. The summed E-state index contributed by atoms with van der Waals surface area (Å²) in [7, 11) is 0. The maximum Gasteiger partial charge on any atom is 0.160 e. The van der Waals surface area contributed by atoms with Crippen molar-refractivity contribution in [2.45, 2.75) is 19.3 Å². The second-order valence-electron chi connectivity index (χ2n) is 12.7. The number of rotatable bonds is 3. The van der Waals surface area contributed by atoms with E-state index in [2.05, 4.69) is 153 Å². The highest BCUT2D eigenvalue weighted by molar-refractivity contribution is 6.03. The average molecular weight is 575 g/mol. The standard InChI is InChI=1S/C43H30N2/c1-43(2)38-19-7-5-16-34(38)37-25-30-22-21-29(24-32(30)26-39(37)43)28-13-9-14-31(23-28)42-44-40-20-8-6-17-36(40)41(45-42)35-18-10-12-27-11-3-4-15-33(27)35/h3-26H,1-2H3. The topological polar surface area (TPSA) is 25.8 Å². The molecule has 0 bridgehead atoms. The van der Waals surface area contributed by atoms with Crippen molar-refractivity contribution < 1.29 is 0 Å². The molecule has 0 N–H and O–H groups in total. The number of hydrogen-bond acceptors (Lipinski definition) is 2. The molecule has 0 amide bonds. The molecule has 2 nitrogen and oxygen atoms in total.